The van der Waals surface area contributed by atoms with Crippen LogP contribution in [0.2, 0.25) is 0 Å². The normalized spacial score (nSPS) is 11.0. The first-order chi connectivity index (χ1) is 11.3. The maximum Gasteiger partial charge on any atom is 0.204 e. The predicted molar refractivity (Wildman–Crippen MR) is 99.3 cm³/mol. The van der Waals surface area contributed by atoms with Crippen molar-refractivity contribution in [3.63, 3.8) is 0 Å². The van der Waals surface area contributed by atoms with Crippen LogP contribution in [0.15, 0.2) is 59.7 Å². The Bertz CT molecular complexity index is 789. The summed E-state index contributed by atoms with van der Waals surface area (Å²) in [7, 11) is 0. The van der Waals surface area contributed by atoms with Gasteiger partial charge in [0.1, 0.15) is 0 Å². The van der Waals surface area contributed by atoms with E-state index in [0.717, 1.165) is 28.4 Å². The number of anilines is 1. The molecule has 1 N–H and O–H groups in total. The minimum Gasteiger partial charge on any atom is -0.253 e. The zero-order valence-corrected chi connectivity index (χ0v) is 14.1. The number of hydrazone groups is 1. The number of nitrogens with zero attached hydrogens (tertiary/aromatic N) is 2. The van der Waals surface area contributed by atoms with E-state index in [1.165, 1.54) is 10.4 Å². The van der Waals surface area contributed by atoms with Crippen molar-refractivity contribution in [3.8, 4) is 11.3 Å². The summed E-state index contributed by atoms with van der Waals surface area (Å²) in [5.41, 5.74) is 7.58. The lowest BCUT2D eigenvalue weighted by Crippen LogP contribution is -1.90. The third kappa shape index (κ3) is 3.85. The first-order valence-corrected chi connectivity index (χ1v) is 8.49. The van der Waals surface area contributed by atoms with Gasteiger partial charge in [-0.1, -0.05) is 61.5 Å². The van der Waals surface area contributed by atoms with E-state index in [4.69, 9.17) is 0 Å². The second kappa shape index (κ2) is 7.20. The van der Waals surface area contributed by atoms with Crippen LogP contribution in [0.25, 0.3) is 11.3 Å². The smallest absolute Gasteiger partial charge is 0.204 e. The van der Waals surface area contributed by atoms with E-state index in [-0.39, 0.29) is 0 Å². The van der Waals surface area contributed by atoms with E-state index < -0.39 is 0 Å². The zero-order valence-electron chi connectivity index (χ0n) is 13.3. The van der Waals surface area contributed by atoms with Crippen molar-refractivity contribution in [2.75, 3.05) is 5.43 Å². The van der Waals surface area contributed by atoms with Crippen molar-refractivity contribution in [1.82, 2.24) is 4.98 Å². The molecule has 0 aliphatic carbocycles. The van der Waals surface area contributed by atoms with E-state index in [1.807, 2.05) is 24.4 Å². The van der Waals surface area contributed by atoms with Crippen molar-refractivity contribution in [2.24, 2.45) is 5.10 Å². The van der Waals surface area contributed by atoms with Crippen molar-refractivity contribution in [3.05, 3.63) is 70.6 Å². The van der Waals surface area contributed by atoms with Gasteiger partial charge >= 0.3 is 0 Å². The van der Waals surface area contributed by atoms with Crippen molar-refractivity contribution < 1.29 is 0 Å². The van der Waals surface area contributed by atoms with Gasteiger partial charge in [0.2, 0.25) is 5.13 Å². The highest BCUT2D eigenvalue weighted by atomic mass is 32.1. The van der Waals surface area contributed by atoms with Crippen LogP contribution >= 0.6 is 11.3 Å². The molecule has 0 amide bonds. The summed E-state index contributed by atoms with van der Waals surface area (Å²) in [6.45, 7) is 4.23. The van der Waals surface area contributed by atoms with E-state index in [1.54, 1.807) is 11.3 Å². The van der Waals surface area contributed by atoms with Crippen LogP contribution in [0.4, 0.5) is 5.13 Å². The number of benzene rings is 2. The molecule has 0 bridgehead atoms. The number of aryl methyl sites for hydroxylation is 2. The molecule has 3 rings (SSSR count). The van der Waals surface area contributed by atoms with Gasteiger partial charge in [0.25, 0.3) is 0 Å². The minimum absolute atomic E-state index is 0.808. The average Bonchev–Trinajstić information content (AvgIpc) is 2.97. The number of rotatable bonds is 5. The predicted octanol–water partition coefficient (Wildman–Crippen LogP) is 5.13. The molecule has 0 saturated heterocycles. The fourth-order valence-corrected chi connectivity index (χ4v) is 3.10. The maximum absolute atomic E-state index is 4.63. The molecule has 2 aromatic carbocycles. The zero-order chi connectivity index (χ0) is 16.1. The van der Waals surface area contributed by atoms with E-state index in [2.05, 4.69) is 65.8 Å². The van der Waals surface area contributed by atoms with Crippen molar-refractivity contribution in [2.45, 2.75) is 20.3 Å². The van der Waals surface area contributed by atoms with Gasteiger partial charge in [0, 0.05) is 10.4 Å². The molecule has 0 unspecified atom stereocenters. The maximum atomic E-state index is 4.63. The fraction of sp³-hybridized carbons (Fsp3) is 0.158. The van der Waals surface area contributed by atoms with Crippen LogP contribution in [0.3, 0.4) is 0 Å². The highest BCUT2D eigenvalue weighted by Crippen LogP contribution is 2.30. The molecule has 0 fully saturated rings. The SMILES string of the molecule is CCc1ccc(/C=N\Nc2nc(-c3ccccc3)c(C)s2)cc1. The third-order valence-electron chi connectivity index (χ3n) is 3.61. The molecule has 0 atom stereocenters. The quantitative estimate of drug-likeness (QED) is 0.522. The first-order valence-electron chi connectivity index (χ1n) is 7.67. The highest BCUT2D eigenvalue weighted by molar-refractivity contribution is 7.15. The van der Waals surface area contributed by atoms with Crippen LogP contribution in [0.5, 0.6) is 0 Å². The lowest BCUT2D eigenvalue weighted by Gasteiger charge is -1.98. The Balaban J connectivity index is 1.70. The van der Waals surface area contributed by atoms with Gasteiger partial charge in [-0.05, 0) is 24.5 Å². The third-order valence-corrected chi connectivity index (χ3v) is 4.48. The second-order valence-electron chi connectivity index (χ2n) is 5.25. The van der Waals surface area contributed by atoms with E-state index in [0.29, 0.717) is 0 Å². The van der Waals surface area contributed by atoms with Crippen LogP contribution in [0, 0.1) is 6.92 Å². The number of hydrogen-bond donors (Lipinski definition) is 1. The standard InChI is InChI=1S/C19H19N3S/c1-3-15-9-11-16(12-10-15)13-20-22-19-21-18(14(2)23-19)17-7-5-4-6-8-17/h4-13H,3H2,1-2H3,(H,21,22)/b20-13-. The molecule has 4 heteroatoms. The van der Waals surface area contributed by atoms with Gasteiger partial charge in [0.15, 0.2) is 0 Å². The number of thiazole rings is 1. The van der Waals surface area contributed by atoms with Crippen molar-refractivity contribution in [1.29, 1.82) is 0 Å². The Morgan fingerprint density at radius 3 is 2.52 bits per heavy atom. The molecule has 0 spiro atoms. The van der Waals surface area contributed by atoms with Gasteiger partial charge in [-0.2, -0.15) is 5.10 Å². The fourth-order valence-electron chi connectivity index (χ4n) is 2.31. The molecular formula is C19H19N3S. The van der Waals surface area contributed by atoms with Crippen LogP contribution in [-0.4, -0.2) is 11.2 Å². The van der Waals surface area contributed by atoms with Gasteiger partial charge < -0.3 is 0 Å². The first kappa shape index (κ1) is 15.4. The molecular weight excluding hydrogens is 302 g/mol. The highest BCUT2D eigenvalue weighted by Gasteiger charge is 2.08. The molecule has 0 saturated carbocycles. The Morgan fingerprint density at radius 1 is 1.09 bits per heavy atom. The lowest BCUT2D eigenvalue weighted by molar-refractivity contribution is 1.14. The number of nitrogens with one attached hydrogen (secondary N) is 1. The van der Waals surface area contributed by atoms with Crippen LogP contribution < -0.4 is 5.43 Å². The molecule has 3 aromatic rings. The van der Waals surface area contributed by atoms with Crippen molar-refractivity contribution >= 4 is 22.7 Å². The Kier molecular flexibility index (Phi) is 4.83. The molecule has 1 heterocycles. The Labute approximate surface area is 140 Å². The average molecular weight is 321 g/mol. The largest absolute Gasteiger partial charge is 0.253 e. The summed E-state index contributed by atoms with van der Waals surface area (Å²) in [6, 6.07) is 18.6. The van der Waals surface area contributed by atoms with Gasteiger partial charge in [-0.25, -0.2) is 4.98 Å². The second-order valence-corrected chi connectivity index (χ2v) is 6.46. The summed E-state index contributed by atoms with van der Waals surface area (Å²) in [5.74, 6) is 0. The minimum atomic E-state index is 0.808. The summed E-state index contributed by atoms with van der Waals surface area (Å²) < 4.78 is 0. The van der Waals surface area contributed by atoms with Gasteiger partial charge in [-0.15, -0.1) is 11.3 Å². The Hall–Kier alpha value is -2.46. The van der Waals surface area contributed by atoms with Gasteiger partial charge in [-0.3, -0.25) is 5.43 Å². The molecule has 116 valence electrons. The number of hydrogen-bond acceptors (Lipinski definition) is 4. The van der Waals surface area contributed by atoms with E-state index in [9.17, 15) is 0 Å². The summed E-state index contributed by atoms with van der Waals surface area (Å²) >= 11 is 1.61. The topological polar surface area (TPSA) is 37.3 Å². The van der Waals surface area contributed by atoms with E-state index >= 15 is 0 Å². The molecule has 0 radical (unpaired) electrons. The molecule has 0 aliphatic rings. The summed E-state index contributed by atoms with van der Waals surface area (Å²) in [4.78, 5) is 5.81. The Morgan fingerprint density at radius 2 is 1.83 bits per heavy atom. The molecule has 0 aliphatic heterocycles. The molecule has 23 heavy (non-hydrogen) atoms. The number of aromatic nitrogens is 1. The molecule has 1 aromatic heterocycles. The van der Waals surface area contributed by atoms with Crippen LogP contribution in [-0.2, 0) is 6.42 Å². The molecule has 3 nitrogen and oxygen atoms in total. The monoisotopic (exact) mass is 321 g/mol. The van der Waals surface area contributed by atoms with Crippen LogP contribution in [0.1, 0.15) is 22.9 Å². The summed E-state index contributed by atoms with van der Waals surface area (Å²) in [6.07, 6.45) is 2.87. The lowest BCUT2D eigenvalue weighted by atomic mass is 10.1. The van der Waals surface area contributed by atoms with Gasteiger partial charge in [0.05, 0.1) is 11.9 Å². The summed E-state index contributed by atoms with van der Waals surface area (Å²) in [5, 5.41) is 5.10.